The van der Waals surface area contributed by atoms with E-state index < -0.39 is 0 Å². The lowest BCUT2D eigenvalue weighted by Gasteiger charge is -2.12. The molecule has 0 amide bonds. The first-order valence-electron chi connectivity index (χ1n) is 3.43. The van der Waals surface area contributed by atoms with Crippen molar-refractivity contribution < 1.29 is 0 Å². The Balaban J connectivity index is 2.27. The topological polar surface area (TPSA) is 12.4 Å². The van der Waals surface area contributed by atoms with E-state index in [-0.39, 0.29) is 0 Å². The first-order chi connectivity index (χ1) is 4.88. The Bertz CT molecular complexity index is 227. The first-order valence-corrected chi connectivity index (χ1v) is 4.27. The largest absolute Gasteiger partial charge is 0.225 e. The Labute approximate surface area is 65.1 Å². The summed E-state index contributed by atoms with van der Waals surface area (Å²) in [5.74, 6) is 0.579. The number of hydrogen-bond acceptors (Lipinski definition) is 2. The van der Waals surface area contributed by atoms with Gasteiger partial charge in [0.25, 0.3) is 0 Å². The highest BCUT2D eigenvalue weighted by atomic mass is 32.2. The molecule has 0 radical (unpaired) electrons. The maximum Gasteiger partial charge on any atom is 0.0565 e. The zero-order chi connectivity index (χ0) is 6.97. The summed E-state index contributed by atoms with van der Waals surface area (Å²) in [7, 11) is 0. The maximum atomic E-state index is 4.31. The van der Waals surface area contributed by atoms with E-state index in [2.05, 4.69) is 35.6 Å². The minimum Gasteiger partial charge on any atom is -0.225 e. The van der Waals surface area contributed by atoms with E-state index in [9.17, 15) is 0 Å². The highest BCUT2D eigenvalue weighted by Gasteiger charge is 2.26. The number of nitrogens with zero attached hydrogens (tertiary/aromatic N) is 1. The van der Waals surface area contributed by atoms with Gasteiger partial charge in [0.15, 0.2) is 0 Å². The molecule has 10 heavy (non-hydrogen) atoms. The molecule has 0 saturated carbocycles. The van der Waals surface area contributed by atoms with Crippen molar-refractivity contribution >= 4 is 17.7 Å². The zero-order valence-corrected chi connectivity index (χ0v) is 6.64. The van der Waals surface area contributed by atoms with Gasteiger partial charge in [-0.15, -0.1) is 0 Å². The van der Waals surface area contributed by atoms with E-state index in [0.717, 1.165) is 0 Å². The van der Waals surface area contributed by atoms with E-state index in [1.165, 1.54) is 5.71 Å². The van der Waals surface area contributed by atoms with Crippen LogP contribution in [0.1, 0.15) is 6.92 Å². The summed E-state index contributed by atoms with van der Waals surface area (Å²) in [6.07, 6.45) is 8.65. The summed E-state index contributed by atoms with van der Waals surface area (Å²) in [5.41, 5.74) is 1.26. The summed E-state index contributed by atoms with van der Waals surface area (Å²) >= 11 is 1.68. The molecule has 52 valence electrons. The second-order valence-corrected chi connectivity index (χ2v) is 3.54. The van der Waals surface area contributed by atoms with Crippen molar-refractivity contribution in [3.05, 3.63) is 24.3 Å². The fourth-order valence-corrected chi connectivity index (χ4v) is 2.26. The van der Waals surface area contributed by atoms with Crippen molar-refractivity contribution in [3.63, 3.8) is 0 Å². The van der Waals surface area contributed by atoms with Crippen LogP contribution in [0.5, 0.6) is 0 Å². The van der Waals surface area contributed by atoms with E-state index in [1.807, 2.05) is 0 Å². The van der Waals surface area contributed by atoms with Crippen molar-refractivity contribution in [2.24, 2.45) is 10.3 Å². The number of rotatable bonds is 0. The number of hydrogen-bond donors (Lipinski definition) is 0. The van der Waals surface area contributed by atoms with Crippen LogP contribution in [0.4, 0.5) is 0 Å². The van der Waals surface area contributed by atoms with Crippen molar-refractivity contribution in [2.45, 2.75) is 12.2 Å². The van der Waals surface area contributed by atoms with Crippen molar-refractivity contribution in [1.29, 1.82) is 0 Å². The molecule has 0 aromatic carbocycles. The third-order valence-electron chi connectivity index (χ3n) is 1.89. The quantitative estimate of drug-likeness (QED) is 0.483. The van der Waals surface area contributed by atoms with Crippen LogP contribution in [0.2, 0.25) is 0 Å². The van der Waals surface area contributed by atoms with Gasteiger partial charge in [-0.05, 0) is 18.9 Å². The van der Waals surface area contributed by atoms with Crippen LogP contribution in [0.15, 0.2) is 28.7 Å². The zero-order valence-electron chi connectivity index (χ0n) is 5.82. The Hall–Kier alpha value is -0.500. The van der Waals surface area contributed by atoms with Crippen LogP contribution in [-0.4, -0.2) is 11.0 Å². The van der Waals surface area contributed by atoms with Gasteiger partial charge >= 0.3 is 0 Å². The molecule has 0 aromatic rings. The third-order valence-corrected chi connectivity index (χ3v) is 2.97. The molecular formula is C8H9NS. The summed E-state index contributed by atoms with van der Waals surface area (Å²) in [6, 6.07) is 0. The highest BCUT2D eigenvalue weighted by molar-refractivity contribution is 7.99. The molecule has 0 saturated heterocycles. The predicted molar refractivity (Wildman–Crippen MR) is 46.3 cm³/mol. The Morgan fingerprint density at radius 1 is 1.40 bits per heavy atom. The molecule has 0 bridgehead atoms. The fourth-order valence-electron chi connectivity index (χ4n) is 1.27. The van der Waals surface area contributed by atoms with Gasteiger partial charge in [-0.25, -0.2) is 4.40 Å². The summed E-state index contributed by atoms with van der Waals surface area (Å²) in [6.45, 7) is 2.10. The second kappa shape index (κ2) is 2.27. The summed E-state index contributed by atoms with van der Waals surface area (Å²) < 4.78 is 4.31. The highest BCUT2D eigenvalue weighted by Crippen LogP contribution is 2.33. The molecule has 2 unspecified atom stereocenters. The van der Waals surface area contributed by atoms with Crippen LogP contribution in [0.3, 0.4) is 0 Å². The number of allylic oxidation sites excluding steroid dienone is 3. The molecule has 2 heteroatoms. The average molecular weight is 151 g/mol. The van der Waals surface area contributed by atoms with E-state index in [1.54, 1.807) is 11.9 Å². The average Bonchev–Trinajstić information content (AvgIpc) is 2.34. The maximum absolute atomic E-state index is 4.31. The van der Waals surface area contributed by atoms with Crippen LogP contribution in [0, 0.1) is 5.92 Å². The molecule has 1 heterocycles. The molecule has 2 atom stereocenters. The monoisotopic (exact) mass is 151 g/mol. The molecule has 2 rings (SSSR count). The van der Waals surface area contributed by atoms with Crippen molar-refractivity contribution in [1.82, 2.24) is 0 Å². The molecule has 2 aliphatic rings. The molecule has 0 fully saturated rings. The lowest BCUT2D eigenvalue weighted by Crippen LogP contribution is -2.16. The van der Waals surface area contributed by atoms with Gasteiger partial charge < -0.3 is 0 Å². The molecule has 0 aromatic heterocycles. The van der Waals surface area contributed by atoms with E-state index >= 15 is 0 Å². The molecule has 1 aliphatic carbocycles. The summed E-state index contributed by atoms with van der Waals surface area (Å²) in [5, 5.41) is 0.588. The van der Waals surface area contributed by atoms with Crippen LogP contribution >= 0.6 is 11.9 Å². The number of fused-ring (bicyclic) bond motifs is 1. The van der Waals surface area contributed by atoms with Crippen molar-refractivity contribution in [3.8, 4) is 0 Å². The molecule has 1 aliphatic heterocycles. The Kier molecular flexibility index (Phi) is 1.42. The van der Waals surface area contributed by atoms with Gasteiger partial charge in [0, 0.05) is 11.6 Å². The predicted octanol–water partition coefficient (Wildman–Crippen LogP) is 2.22. The van der Waals surface area contributed by atoms with Crippen LogP contribution < -0.4 is 0 Å². The normalized spacial score (nSPS) is 35.9. The minimum atomic E-state index is 0.579. The van der Waals surface area contributed by atoms with Gasteiger partial charge in [-0.1, -0.05) is 24.3 Å². The van der Waals surface area contributed by atoms with E-state index in [4.69, 9.17) is 0 Å². The molecule has 1 nitrogen and oxygen atoms in total. The minimum absolute atomic E-state index is 0.579. The van der Waals surface area contributed by atoms with Gasteiger partial charge in [-0.3, -0.25) is 0 Å². The summed E-state index contributed by atoms with van der Waals surface area (Å²) in [4.78, 5) is 0. The smallest absolute Gasteiger partial charge is 0.0565 e. The van der Waals surface area contributed by atoms with Gasteiger partial charge in [-0.2, -0.15) is 0 Å². The molecule has 0 spiro atoms. The third kappa shape index (κ3) is 0.833. The fraction of sp³-hybridized carbons (Fsp3) is 0.375. The van der Waals surface area contributed by atoms with Gasteiger partial charge in [0.05, 0.1) is 5.25 Å². The molecular weight excluding hydrogens is 142 g/mol. The lowest BCUT2D eigenvalue weighted by molar-refractivity contribution is 0.903. The second-order valence-electron chi connectivity index (χ2n) is 2.60. The lowest BCUT2D eigenvalue weighted by atomic mass is 9.96. The SMILES string of the molecule is CC1=NSC2C=CC=CC12. The standard InChI is InChI=1S/C8H9NS/c1-6-7-4-2-3-5-8(7)10-9-6/h2-5,7-8H,1H3. The van der Waals surface area contributed by atoms with Crippen LogP contribution in [-0.2, 0) is 0 Å². The molecule has 0 N–H and O–H groups in total. The van der Waals surface area contributed by atoms with Gasteiger partial charge in [0.2, 0.25) is 0 Å². The van der Waals surface area contributed by atoms with E-state index in [0.29, 0.717) is 11.2 Å². The Morgan fingerprint density at radius 3 is 3.00 bits per heavy atom. The van der Waals surface area contributed by atoms with Gasteiger partial charge in [0.1, 0.15) is 0 Å². The van der Waals surface area contributed by atoms with Crippen LogP contribution in [0.25, 0.3) is 0 Å². The van der Waals surface area contributed by atoms with Crippen molar-refractivity contribution in [2.75, 3.05) is 0 Å². The Morgan fingerprint density at radius 2 is 2.20 bits per heavy atom. The first kappa shape index (κ1) is 6.23.